The number of benzene rings is 3. The molecule has 39 heavy (non-hydrogen) atoms. The molecule has 7 rings (SSSR count). The smallest absolute Gasteiger partial charge is 0.238 e. The van der Waals surface area contributed by atoms with Gasteiger partial charge in [0, 0.05) is 29.7 Å². The molecule has 2 N–H and O–H groups in total. The Morgan fingerprint density at radius 3 is 2.49 bits per heavy atom. The van der Waals surface area contributed by atoms with Gasteiger partial charge in [-0.2, -0.15) is 0 Å². The molecule has 1 spiro atoms. The highest BCUT2D eigenvalue weighted by Crippen LogP contribution is 2.47. The number of amides is 2. The predicted octanol–water partition coefficient (Wildman–Crippen LogP) is 4.55. The Balaban J connectivity index is 1.19. The van der Waals surface area contributed by atoms with Crippen LogP contribution in [0.2, 0.25) is 0 Å². The summed E-state index contributed by atoms with van der Waals surface area (Å²) in [5, 5.41) is 7.38. The number of nitrogens with one attached hydrogen (secondary N) is 2. The standard InChI is InChI=1S/C33H32N4O2/c1-32(2)20-37(29(30(38)36-32)14-21-8-4-3-5-9-21)19-25-13-12-22-15-23-17-33(18-24(23)16-28(22)34-25)26-10-6-7-11-27(26)35-31(33)39/h3-13,15-16,29H,14,17-20H2,1-2H3,(H,35,39)(H,36,38)/t29-,33-/m0/s1. The van der Waals surface area contributed by atoms with E-state index in [1.54, 1.807) is 0 Å². The zero-order chi connectivity index (χ0) is 26.8. The maximum Gasteiger partial charge on any atom is 0.238 e. The van der Waals surface area contributed by atoms with Crippen LogP contribution in [0.4, 0.5) is 5.69 Å². The molecule has 3 aliphatic rings. The van der Waals surface area contributed by atoms with Crippen molar-refractivity contribution in [3.8, 4) is 0 Å². The summed E-state index contributed by atoms with van der Waals surface area (Å²) in [6.07, 6.45) is 2.06. The van der Waals surface area contributed by atoms with Gasteiger partial charge in [0.15, 0.2) is 0 Å². The van der Waals surface area contributed by atoms with E-state index in [1.165, 1.54) is 11.1 Å². The van der Waals surface area contributed by atoms with Gasteiger partial charge in [0.25, 0.3) is 0 Å². The van der Waals surface area contributed by atoms with E-state index in [4.69, 9.17) is 4.98 Å². The maximum atomic E-state index is 13.2. The van der Waals surface area contributed by atoms with Crippen LogP contribution in [-0.4, -0.2) is 39.8 Å². The second-order valence-electron chi connectivity index (χ2n) is 12.0. The second kappa shape index (κ2) is 8.75. The van der Waals surface area contributed by atoms with Crippen molar-refractivity contribution in [2.45, 2.75) is 56.7 Å². The van der Waals surface area contributed by atoms with E-state index in [-0.39, 0.29) is 23.4 Å². The summed E-state index contributed by atoms with van der Waals surface area (Å²) in [5.74, 6) is 0.155. The number of piperazine rings is 1. The summed E-state index contributed by atoms with van der Waals surface area (Å²) in [5.41, 5.74) is 6.64. The topological polar surface area (TPSA) is 74.3 Å². The van der Waals surface area contributed by atoms with Crippen LogP contribution in [-0.2, 0) is 40.8 Å². The number of nitrogens with zero attached hydrogens (tertiary/aromatic N) is 2. The molecule has 2 aliphatic heterocycles. The highest BCUT2D eigenvalue weighted by Gasteiger charge is 2.50. The molecule has 6 nitrogen and oxygen atoms in total. The van der Waals surface area contributed by atoms with E-state index in [0.717, 1.165) is 40.0 Å². The van der Waals surface area contributed by atoms with Gasteiger partial charge in [-0.15, -0.1) is 0 Å². The number of anilines is 1. The number of aromatic nitrogens is 1. The summed E-state index contributed by atoms with van der Waals surface area (Å²) >= 11 is 0. The van der Waals surface area contributed by atoms with Crippen LogP contribution in [0.3, 0.4) is 0 Å². The van der Waals surface area contributed by atoms with Crippen molar-refractivity contribution in [3.05, 3.63) is 107 Å². The number of pyridine rings is 1. The van der Waals surface area contributed by atoms with E-state index in [2.05, 4.69) is 71.8 Å². The molecule has 2 atom stereocenters. The lowest BCUT2D eigenvalue weighted by molar-refractivity contribution is -0.133. The van der Waals surface area contributed by atoms with Crippen molar-refractivity contribution < 1.29 is 9.59 Å². The first kappa shape index (κ1) is 24.0. The van der Waals surface area contributed by atoms with Gasteiger partial charge in [0.2, 0.25) is 11.8 Å². The van der Waals surface area contributed by atoms with Gasteiger partial charge < -0.3 is 10.6 Å². The minimum absolute atomic E-state index is 0.0640. The SMILES string of the molecule is CC1(C)CN(Cc2ccc3cc4c(cc3n2)C[C@]2(C4)C(=O)Nc3ccccc32)[C@@H](Cc2ccccc2)C(=O)N1. The second-order valence-corrected chi connectivity index (χ2v) is 12.0. The monoisotopic (exact) mass is 516 g/mol. The van der Waals surface area contributed by atoms with Crippen LogP contribution in [0.25, 0.3) is 10.9 Å². The molecule has 0 saturated carbocycles. The van der Waals surface area contributed by atoms with Crippen LogP contribution in [0, 0.1) is 0 Å². The van der Waals surface area contributed by atoms with Crippen molar-refractivity contribution >= 4 is 28.4 Å². The van der Waals surface area contributed by atoms with Gasteiger partial charge in [-0.1, -0.05) is 54.6 Å². The van der Waals surface area contributed by atoms with Gasteiger partial charge in [-0.25, -0.2) is 0 Å². The number of hydrogen-bond donors (Lipinski definition) is 2. The summed E-state index contributed by atoms with van der Waals surface area (Å²) in [6, 6.07) is 26.6. The summed E-state index contributed by atoms with van der Waals surface area (Å²) < 4.78 is 0. The van der Waals surface area contributed by atoms with Crippen molar-refractivity contribution in [2.75, 3.05) is 11.9 Å². The molecule has 3 aromatic carbocycles. The fourth-order valence-corrected chi connectivity index (χ4v) is 6.83. The Morgan fingerprint density at radius 2 is 1.67 bits per heavy atom. The van der Waals surface area contributed by atoms with E-state index in [9.17, 15) is 9.59 Å². The average Bonchev–Trinajstić information content (AvgIpc) is 3.41. The largest absolute Gasteiger partial charge is 0.349 e. The fourth-order valence-electron chi connectivity index (χ4n) is 6.83. The molecular formula is C33H32N4O2. The highest BCUT2D eigenvalue weighted by atomic mass is 16.2. The fraction of sp³-hybridized carbons (Fsp3) is 0.303. The van der Waals surface area contributed by atoms with Crippen molar-refractivity contribution in [3.63, 3.8) is 0 Å². The number of carbonyl (C=O) groups is 2. The van der Waals surface area contributed by atoms with Gasteiger partial charge >= 0.3 is 0 Å². The Bertz CT molecular complexity index is 1630. The molecule has 2 amide bonds. The molecular weight excluding hydrogens is 484 g/mol. The average molecular weight is 517 g/mol. The van der Waals surface area contributed by atoms with Gasteiger partial charge in [-0.05, 0) is 79.6 Å². The molecule has 1 fully saturated rings. The lowest BCUT2D eigenvalue weighted by Gasteiger charge is -2.43. The molecule has 6 heteroatoms. The van der Waals surface area contributed by atoms with Crippen LogP contribution in [0.5, 0.6) is 0 Å². The zero-order valence-electron chi connectivity index (χ0n) is 22.3. The first-order chi connectivity index (χ1) is 18.8. The lowest BCUT2D eigenvalue weighted by atomic mass is 9.79. The lowest BCUT2D eigenvalue weighted by Crippen LogP contribution is -2.64. The number of para-hydroxylation sites is 1. The molecule has 4 aromatic rings. The van der Waals surface area contributed by atoms with Crippen molar-refractivity contribution in [2.24, 2.45) is 0 Å². The van der Waals surface area contributed by atoms with E-state index in [1.807, 2.05) is 36.4 Å². The maximum absolute atomic E-state index is 13.2. The van der Waals surface area contributed by atoms with Gasteiger partial charge in [0.1, 0.15) is 0 Å². The highest BCUT2D eigenvalue weighted by molar-refractivity contribution is 6.07. The van der Waals surface area contributed by atoms with Gasteiger partial charge in [-0.3, -0.25) is 19.5 Å². The molecule has 0 radical (unpaired) electrons. The van der Waals surface area contributed by atoms with Crippen molar-refractivity contribution in [1.82, 2.24) is 15.2 Å². The summed E-state index contributed by atoms with van der Waals surface area (Å²) in [7, 11) is 0. The van der Waals surface area contributed by atoms with E-state index >= 15 is 0 Å². The third-order valence-corrected chi connectivity index (χ3v) is 8.62. The third-order valence-electron chi connectivity index (χ3n) is 8.62. The molecule has 0 bridgehead atoms. The first-order valence-electron chi connectivity index (χ1n) is 13.7. The Morgan fingerprint density at radius 1 is 0.923 bits per heavy atom. The van der Waals surface area contributed by atoms with E-state index in [0.29, 0.717) is 25.8 Å². The molecule has 196 valence electrons. The predicted molar refractivity (Wildman–Crippen MR) is 152 cm³/mol. The van der Waals surface area contributed by atoms with Crippen LogP contribution in [0.15, 0.2) is 78.9 Å². The quantitative estimate of drug-likeness (QED) is 0.418. The number of rotatable bonds is 4. The van der Waals surface area contributed by atoms with Crippen molar-refractivity contribution in [1.29, 1.82) is 0 Å². The third kappa shape index (κ3) is 4.10. The molecule has 0 unspecified atom stereocenters. The number of hydrogen-bond acceptors (Lipinski definition) is 4. The Kier molecular flexibility index (Phi) is 5.39. The van der Waals surface area contributed by atoms with Crippen LogP contribution < -0.4 is 10.6 Å². The Labute approximate surface area is 228 Å². The van der Waals surface area contributed by atoms with E-state index < -0.39 is 5.41 Å². The minimum Gasteiger partial charge on any atom is -0.349 e. The molecule has 1 saturated heterocycles. The van der Waals surface area contributed by atoms with Crippen LogP contribution in [0.1, 0.15) is 41.8 Å². The van der Waals surface area contributed by atoms with Crippen LogP contribution >= 0.6 is 0 Å². The molecule has 1 aromatic heterocycles. The summed E-state index contributed by atoms with van der Waals surface area (Å²) in [4.78, 5) is 33.7. The number of fused-ring (bicyclic) bond motifs is 4. The first-order valence-corrected chi connectivity index (χ1v) is 13.7. The molecule has 3 heterocycles. The van der Waals surface area contributed by atoms with Gasteiger partial charge in [0.05, 0.1) is 22.7 Å². The zero-order valence-corrected chi connectivity index (χ0v) is 22.3. The minimum atomic E-state index is -0.531. The summed E-state index contributed by atoms with van der Waals surface area (Å²) in [6.45, 7) is 5.49. The normalized spacial score (nSPS) is 23.5. The number of carbonyl (C=O) groups excluding carboxylic acids is 2. The molecule has 1 aliphatic carbocycles. The Hall–Kier alpha value is -4.03.